The second-order valence-electron chi connectivity index (χ2n) is 6.19. The molecule has 0 aliphatic carbocycles. The number of hydrazine groups is 1. The number of para-hydroxylation sites is 1. The molecule has 1 fully saturated rings. The summed E-state index contributed by atoms with van der Waals surface area (Å²) in [6, 6.07) is 18.9. The van der Waals surface area contributed by atoms with Crippen molar-refractivity contribution in [2.45, 2.75) is 13.1 Å². The van der Waals surface area contributed by atoms with Crippen molar-refractivity contribution < 1.29 is 0 Å². The highest BCUT2D eigenvalue weighted by atomic mass is 15.3. The molecule has 1 saturated heterocycles. The highest BCUT2D eigenvalue weighted by Gasteiger charge is 2.14. The summed E-state index contributed by atoms with van der Waals surface area (Å²) < 4.78 is 0. The van der Waals surface area contributed by atoms with Gasteiger partial charge in [0.1, 0.15) is 0 Å². The lowest BCUT2D eigenvalue weighted by molar-refractivity contribution is 0.148. The van der Waals surface area contributed by atoms with E-state index in [9.17, 15) is 0 Å². The molecule has 23 heavy (non-hydrogen) atoms. The van der Waals surface area contributed by atoms with Gasteiger partial charge in [-0.15, -0.1) is 0 Å². The van der Waals surface area contributed by atoms with Gasteiger partial charge in [-0.2, -0.15) is 0 Å². The van der Waals surface area contributed by atoms with E-state index in [2.05, 4.69) is 64.1 Å². The van der Waals surface area contributed by atoms with Crippen LogP contribution in [0.15, 0.2) is 54.6 Å². The fraction of sp³-hybridized carbons (Fsp3) is 0.368. The van der Waals surface area contributed by atoms with Crippen molar-refractivity contribution in [3.63, 3.8) is 0 Å². The maximum absolute atomic E-state index is 3.33. The van der Waals surface area contributed by atoms with Gasteiger partial charge in [0, 0.05) is 45.0 Å². The summed E-state index contributed by atoms with van der Waals surface area (Å²) in [5.41, 5.74) is 10.4. The van der Waals surface area contributed by atoms with E-state index in [0.29, 0.717) is 0 Å². The van der Waals surface area contributed by atoms with Crippen LogP contribution in [0.25, 0.3) is 0 Å². The minimum absolute atomic E-state index is 0.818. The molecule has 2 aromatic rings. The zero-order valence-corrected chi connectivity index (χ0v) is 13.8. The lowest BCUT2D eigenvalue weighted by atomic mass is 10.1. The minimum Gasteiger partial charge on any atom is -0.321 e. The van der Waals surface area contributed by atoms with Crippen LogP contribution in [-0.4, -0.2) is 43.0 Å². The second kappa shape index (κ2) is 8.11. The molecular weight excluding hydrogens is 284 g/mol. The van der Waals surface area contributed by atoms with E-state index in [1.807, 2.05) is 18.2 Å². The first-order chi connectivity index (χ1) is 11.3. The zero-order valence-electron chi connectivity index (χ0n) is 13.8. The number of hydrogen-bond donors (Lipinski definition) is 2. The molecule has 0 radical (unpaired) electrons. The van der Waals surface area contributed by atoms with Crippen molar-refractivity contribution in [2.75, 3.05) is 38.7 Å². The van der Waals surface area contributed by atoms with Crippen LogP contribution >= 0.6 is 0 Å². The molecule has 0 atom stereocenters. The van der Waals surface area contributed by atoms with Crippen molar-refractivity contribution in [3.8, 4) is 0 Å². The number of rotatable bonds is 6. The Labute approximate surface area is 139 Å². The Morgan fingerprint density at radius 1 is 0.826 bits per heavy atom. The van der Waals surface area contributed by atoms with E-state index in [1.54, 1.807) is 0 Å². The molecule has 3 rings (SSSR count). The lowest BCUT2D eigenvalue weighted by Gasteiger charge is -2.32. The van der Waals surface area contributed by atoms with E-state index in [-0.39, 0.29) is 0 Å². The van der Waals surface area contributed by atoms with Gasteiger partial charge in [0.2, 0.25) is 0 Å². The number of piperazine rings is 1. The van der Waals surface area contributed by atoms with Crippen molar-refractivity contribution >= 4 is 5.69 Å². The van der Waals surface area contributed by atoms with Crippen LogP contribution in [0.5, 0.6) is 0 Å². The van der Waals surface area contributed by atoms with Gasteiger partial charge in [0.05, 0.1) is 0 Å². The van der Waals surface area contributed by atoms with Gasteiger partial charge in [-0.3, -0.25) is 4.90 Å². The molecule has 122 valence electrons. The monoisotopic (exact) mass is 310 g/mol. The molecule has 0 aromatic heterocycles. The summed E-state index contributed by atoms with van der Waals surface area (Å²) in [6.45, 7) is 6.49. The fourth-order valence-electron chi connectivity index (χ4n) is 2.89. The lowest BCUT2D eigenvalue weighted by Crippen LogP contribution is -2.44. The van der Waals surface area contributed by atoms with Crippen molar-refractivity contribution in [2.24, 2.45) is 0 Å². The fourth-order valence-corrected chi connectivity index (χ4v) is 2.89. The third-order valence-corrected chi connectivity index (χ3v) is 4.39. The highest BCUT2D eigenvalue weighted by molar-refractivity contribution is 5.41. The molecule has 0 amide bonds. The van der Waals surface area contributed by atoms with Crippen LogP contribution in [0.3, 0.4) is 0 Å². The number of nitrogens with one attached hydrogen (secondary N) is 2. The molecule has 1 aliphatic heterocycles. The minimum atomic E-state index is 0.818. The van der Waals surface area contributed by atoms with Crippen LogP contribution in [0, 0.1) is 0 Å². The van der Waals surface area contributed by atoms with Crippen LogP contribution < -0.4 is 10.9 Å². The van der Waals surface area contributed by atoms with Gasteiger partial charge in [-0.1, -0.05) is 42.5 Å². The highest BCUT2D eigenvalue weighted by Crippen LogP contribution is 2.13. The summed E-state index contributed by atoms with van der Waals surface area (Å²) in [5.74, 6) is 0. The molecule has 0 unspecified atom stereocenters. The Kier molecular flexibility index (Phi) is 5.64. The molecule has 0 bridgehead atoms. The molecule has 1 aliphatic rings. The summed E-state index contributed by atoms with van der Waals surface area (Å²) in [4.78, 5) is 4.94. The van der Waals surface area contributed by atoms with E-state index in [1.165, 1.54) is 11.1 Å². The Hall–Kier alpha value is -1.88. The Balaban J connectivity index is 1.55. The first-order valence-electron chi connectivity index (χ1n) is 8.33. The summed E-state index contributed by atoms with van der Waals surface area (Å²) in [5, 5.41) is 0. The SMILES string of the molecule is CN1CCN(Cc2ccccc2CNNc2ccccc2)CC1. The first-order valence-corrected chi connectivity index (χ1v) is 8.33. The molecule has 0 saturated carbocycles. The summed E-state index contributed by atoms with van der Waals surface area (Å²) in [6.07, 6.45) is 0. The number of hydrogen-bond acceptors (Lipinski definition) is 4. The Morgan fingerprint density at radius 2 is 1.48 bits per heavy atom. The number of benzene rings is 2. The van der Waals surface area contributed by atoms with Crippen molar-refractivity contribution in [1.82, 2.24) is 15.2 Å². The van der Waals surface area contributed by atoms with Crippen LogP contribution in [-0.2, 0) is 13.1 Å². The molecule has 2 aromatic carbocycles. The normalized spacial score (nSPS) is 16.4. The van der Waals surface area contributed by atoms with Crippen LogP contribution in [0.2, 0.25) is 0 Å². The largest absolute Gasteiger partial charge is 0.321 e. The molecule has 1 heterocycles. The van der Waals surface area contributed by atoms with Crippen LogP contribution in [0.4, 0.5) is 5.69 Å². The third-order valence-electron chi connectivity index (χ3n) is 4.39. The second-order valence-corrected chi connectivity index (χ2v) is 6.19. The Bertz CT molecular complexity index is 591. The van der Waals surface area contributed by atoms with Gasteiger partial charge < -0.3 is 10.3 Å². The van der Waals surface area contributed by atoms with E-state index < -0.39 is 0 Å². The van der Waals surface area contributed by atoms with E-state index in [4.69, 9.17) is 0 Å². The van der Waals surface area contributed by atoms with Gasteiger partial charge >= 0.3 is 0 Å². The van der Waals surface area contributed by atoms with E-state index >= 15 is 0 Å². The molecular formula is C19H26N4. The zero-order chi connectivity index (χ0) is 15.9. The third kappa shape index (κ3) is 4.79. The van der Waals surface area contributed by atoms with Gasteiger partial charge in [-0.05, 0) is 30.3 Å². The van der Waals surface area contributed by atoms with Gasteiger partial charge in [0.15, 0.2) is 0 Å². The average Bonchev–Trinajstić information content (AvgIpc) is 2.59. The Morgan fingerprint density at radius 3 is 2.22 bits per heavy atom. The maximum Gasteiger partial charge on any atom is 0.0487 e. The van der Waals surface area contributed by atoms with Crippen LogP contribution in [0.1, 0.15) is 11.1 Å². The van der Waals surface area contributed by atoms with Gasteiger partial charge in [0.25, 0.3) is 0 Å². The number of nitrogens with zero attached hydrogens (tertiary/aromatic N) is 2. The number of anilines is 1. The topological polar surface area (TPSA) is 30.5 Å². The predicted molar refractivity (Wildman–Crippen MR) is 96.1 cm³/mol. The smallest absolute Gasteiger partial charge is 0.0487 e. The molecule has 2 N–H and O–H groups in total. The van der Waals surface area contributed by atoms with Crippen molar-refractivity contribution in [1.29, 1.82) is 0 Å². The average molecular weight is 310 g/mol. The molecule has 0 spiro atoms. The predicted octanol–water partition coefficient (Wildman–Crippen LogP) is 2.55. The van der Waals surface area contributed by atoms with Crippen molar-refractivity contribution in [3.05, 3.63) is 65.7 Å². The van der Waals surface area contributed by atoms with E-state index in [0.717, 1.165) is 45.0 Å². The molecule has 4 heteroatoms. The quantitative estimate of drug-likeness (QED) is 0.803. The standard InChI is InChI=1S/C19H26N4/c1-22-11-13-23(14-12-22)16-18-8-6-5-7-17(18)15-20-21-19-9-3-2-4-10-19/h2-10,20-21H,11-16H2,1H3. The summed E-state index contributed by atoms with van der Waals surface area (Å²) in [7, 11) is 2.20. The van der Waals surface area contributed by atoms with Gasteiger partial charge in [-0.25, -0.2) is 5.43 Å². The summed E-state index contributed by atoms with van der Waals surface area (Å²) >= 11 is 0. The molecule has 4 nitrogen and oxygen atoms in total. The number of likely N-dealkylation sites (N-methyl/N-ethyl adjacent to an activating group) is 1. The maximum atomic E-state index is 3.33. The first kappa shape index (κ1) is 16.0.